The first kappa shape index (κ1) is 6.25. The fourth-order valence-electron chi connectivity index (χ4n) is 0.157. The van der Waals surface area contributed by atoms with Crippen molar-refractivity contribution in [2.24, 2.45) is 0 Å². The van der Waals surface area contributed by atoms with Crippen LogP contribution in [0.25, 0.3) is 0 Å². The minimum absolute atomic E-state index is 1.10. The van der Waals surface area contributed by atoms with Gasteiger partial charge in [0.15, 0.2) is 0 Å². The summed E-state index contributed by atoms with van der Waals surface area (Å²) in [6.45, 7) is 3.41. The summed E-state index contributed by atoms with van der Waals surface area (Å²) in [5, 5.41) is 0. The molecule has 0 aliphatic rings. The third kappa shape index (κ3) is 4.25. The van der Waals surface area contributed by atoms with Gasteiger partial charge in [-0.2, -0.15) is 0 Å². The van der Waals surface area contributed by atoms with Crippen LogP contribution in [-0.2, 0) is 0 Å². The van der Waals surface area contributed by atoms with Crippen molar-refractivity contribution in [3.05, 3.63) is 18.4 Å². The summed E-state index contributed by atoms with van der Waals surface area (Å²) in [6, 6.07) is 0. The molecule has 0 unspecified atom stereocenters. The van der Waals surface area contributed by atoms with E-state index in [0.29, 0.717) is 0 Å². The zero-order valence-electron chi connectivity index (χ0n) is 3.58. The van der Waals surface area contributed by atoms with E-state index < -0.39 is 0 Å². The number of rotatable bonds is 2. The molecule has 0 bridgehead atoms. The lowest BCUT2D eigenvalue weighted by atomic mass is 10.5. The van der Waals surface area contributed by atoms with Gasteiger partial charge in [0.2, 0.25) is 0 Å². The van der Waals surface area contributed by atoms with Crippen molar-refractivity contribution in [2.45, 2.75) is 6.42 Å². The SMILES string of the molecule is C=C=CCCI. The standard InChI is InChI=1S/C5H7I/c1-2-3-4-5-6/h3H,1,4-5H2. The maximum absolute atomic E-state index is 3.41. The highest BCUT2D eigenvalue weighted by atomic mass is 127. The third-order valence-corrected chi connectivity index (χ3v) is 1.02. The topological polar surface area (TPSA) is 0 Å². The molecule has 0 atom stereocenters. The van der Waals surface area contributed by atoms with Crippen LogP contribution in [0.4, 0.5) is 0 Å². The molecular formula is C5H7I. The van der Waals surface area contributed by atoms with Crippen molar-refractivity contribution in [3.8, 4) is 0 Å². The third-order valence-electron chi connectivity index (χ3n) is 0.398. The van der Waals surface area contributed by atoms with Gasteiger partial charge in [-0.05, 0) is 12.5 Å². The molecule has 0 aromatic heterocycles. The summed E-state index contributed by atoms with van der Waals surface area (Å²) in [5.74, 6) is 0. The molecule has 0 N–H and O–H groups in total. The molecule has 0 aromatic rings. The number of halogens is 1. The first-order valence-electron chi connectivity index (χ1n) is 1.82. The van der Waals surface area contributed by atoms with Gasteiger partial charge in [-0.25, -0.2) is 0 Å². The number of hydrogen-bond acceptors (Lipinski definition) is 0. The lowest BCUT2D eigenvalue weighted by Crippen LogP contribution is -1.59. The zero-order chi connectivity index (χ0) is 4.83. The normalized spacial score (nSPS) is 6.83. The van der Waals surface area contributed by atoms with Crippen molar-refractivity contribution in [2.75, 3.05) is 4.43 Å². The second kappa shape index (κ2) is 5.25. The molecule has 0 radical (unpaired) electrons. The van der Waals surface area contributed by atoms with E-state index in [4.69, 9.17) is 0 Å². The summed E-state index contributed by atoms with van der Waals surface area (Å²) >= 11 is 2.31. The van der Waals surface area contributed by atoms with Crippen molar-refractivity contribution in [3.63, 3.8) is 0 Å². The van der Waals surface area contributed by atoms with E-state index in [2.05, 4.69) is 34.9 Å². The molecule has 1 heteroatoms. The molecule has 0 heterocycles. The maximum atomic E-state index is 3.41. The Kier molecular flexibility index (Phi) is 5.47. The Labute approximate surface area is 52.1 Å². The zero-order valence-corrected chi connectivity index (χ0v) is 5.73. The molecule has 0 nitrogen and oxygen atoms in total. The minimum Gasteiger partial charge on any atom is -0.133 e. The molecule has 0 amide bonds. The fourth-order valence-corrected chi connectivity index (χ4v) is 0.468. The second-order valence-corrected chi connectivity index (χ2v) is 1.96. The van der Waals surface area contributed by atoms with Gasteiger partial charge < -0.3 is 0 Å². The van der Waals surface area contributed by atoms with Crippen LogP contribution in [0, 0.1) is 0 Å². The summed E-state index contributed by atoms with van der Waals surface area (Å²) in [4.78, 5) is 0. The van der Waals surface area contributed by atoms with Gasteiger partial charge in [-0.15, -0.1) is 5.73 Å². The number of alkyl halides is 1. The molecule has 0 saturated carbocycles. The molecule has 0 spiro atoms. The van der Waals surface area contributed by atoms with Gasteiger partial charge in [0.05, 0.1) is 0 Å². The summed E-state index contributed by atoms with van der Waals surface area (Å²) in [5.41, 5.74) is 2.69. The maximum Gasteiger partial charge on any atom is 0.00360 e. The van der Waals surface area contributed by atoms with Gasteiger partial charge in [0.25, 0.3) is 0 Å². The second-order valence-electron chi connectivity index (χ2n) is 0.886. The van der Waals surface area contributed by atoms with Crippen molar-refractivity contribution in [1.82, 2.24) is 0 Å². The first-order chi connectivity index (χ1) is 2.91. The van der Waals surface area contributed by atoms with Gasteiger partial charge in [0.1, 0.15) is 0 Å². The van der Waals surface area contributed by atoms with Crippen LogP contribution in [-0.4, -0.2) is 4.43 Å². The Bertz CT molecular complexity index is 60.3. The molecule has 0 aromatic carbocycles. The highest BCUT2D eigenvalue weighted by Gasteiger charge is 1.65. The molecule has 0 saturated heterocycles. The quantitative estimate of drug-likeness (QED) is 0.359. The van der Waals surface area contributed by atoms with E-state index in [-0.39, 0.29) is 0 Å². The van der Waals surface area contributed by atoms with Crippen LogP contribution in [0.2, 0.25) is 0 Å². The lowest BCUT2D eigenvalue weighted by Gasteiger charge is -1.71. The van der Waals surface area contributed by atoms with Gasteiger partial charge in [0, 0.05) is 4.43 Å². The van der Waals surface area contributed by atoms with Crippen LogP contribution in [0.3, 0.4) is 0 Å². The van der Waals surface area contributed by atoms with E-state index in [1.807, 2.05) is 6.08 Å². The van der Waals surface area contributed by atoms with Crippen molar-refractivity contribution in [1.29, 1.82) is 0 Å². The summed E-state index contributed by atoms with van der Waals surface area (Å²) in [7, 11) is 0. The van der Waals surface area contributed by atoms with Crippen molar-refractivity contribution < 1.29 is 0 Å². The highest BCUT2D eigenvalue weighted by molar-refractivity contribution is 14.1. The number of allylic oxidation sites excluding steroid dienone is 1. The van der Waals surface area contributed by atoms with Crippen LogP contribution < -0.4 is 0 Å². The average molecular weight is 194 g/mol. The minimum atomic E-state index is 1.10. The molecule has 0 rings (SSSR count). The molecule has 0 aliphatic heterocycles. The largest absolute Gasteiger partial charge is 0.133 e. The molecule has 0 fully saturated rings. The van der Waals surface area contributed by atoms with Crippen molar-refractivity contribution >= 4 is 22.6 Å². The number of hydrogen-bond donors (Lipinski definition) is 0. The molecular weight excluding hydrogens is 187 g/mol. The smallest absolute Gasteiger partial charge is 0.00360 e. The predicted octanol–water partition coefficient (Wildman–Crippen LogP) is 2.15. The Morgan fingerprint density at radius 3 is 2.67 bits per heavy atom. The van der Waals surface area contributed by atoms with Gasteiger partial charge in [-0.3, -0.25) is 0 Å². The predicted molar refractivity (Wildman–Crippen MR) is 37.2 cm³/mol. The van der Waals surface area contributed by atoms with Crippen LogP contribution >= 0.6 is 22.6 Å². The molecule has 6 heavy (non-hydrogen) atoms. The molecule has 34 valence electrons. The molecule has 0 aliphatic carbocycles. The van der Waals surface area contributed by atoms with Crippen LogP contribution in [0.15, 0.2) is 18.4 Å². The van der Waals surface area contributed by atoms with Crippen LogP contribution in [0.1, 0.15) is 6.42 Å². The Morgan fingerprint density at radius 2 is 2.50 bits per heavy atom. The van der Waals surface area contributed by atoms with Crippen LogP contribution in [0.5, 0.6) is 0 Å². The lowest BCUT2D eigenvalue weighted by molar-refractivity contribution is 1.28. The van der Waals surface area contributed by atoms with Gasteiger partial charge >= 0.3 is 0 Å². The van der Waals surface area contributed by atoms with E-state index in [1.165, 1.54) is 4.43 Å². The van der Waals surface area contributed by atoms with E-state index in [0.717, 1.165) is 6.42 Å². The first-order valence-corrected chi connectivity index (χ1v) is 3.34. The monoisotopic (exact) mass is 194 g/mol. The van der Waals surface area contributed by atoms with E-state index >= 15 is 0 Å². The van der Waals surface area contributed by atoms with E-state index in [9.17, 15) is 0 Å². The Morgan fingerprint density at radius 1 is 1.83 bits per heavy atom. The average Bonchev–Trinajstić information content (AvgIpc) is 1.61. The summed E-state index contributed by atoms with van der Waals surface area (Å²) in [6.07, 6.45) is 3.04. The Balaban J connectivity index is 2.86. The van der Waals surface area contributed by atoms with Gasteiger partial charge in [-0.1, -0.05) is 29.2 Å². The van der Waals surface area contributed by atoms with E-state index in [1.54, 1.807) is 0 Å². The highest BCUT2D eigenvalue weighted by Crippen LogP contribution is 1.86. The fraction of sp³-hybridized carbons (Fsp3) is 0.400. The Hall–Kier alpha value is 0.250. The summed E-state index contributed by atoms with van der Waals surface area (Å²) < 4.78 is 1.17.